The number of rotatable bonds is 11. The Balaban J connectivity index is 1.66. The molecule has 0 unspecified atom stereocenters. The van der Waals surface area contributed by atoms with Crippen LogP contribution in [0.1, 0.15) is 34.0 Å². The molecule has 2 heterocycles. The Labute approximate surface area is 248 Å². The summed E-state index contributed by atoms with van der Waals surface area (Å²) in [5.41, 5.74) is 3.03. The normalized spacial score (nSPS) is 11.3. The van der Waals surface area contributed by atoms with E-state index in [9.17, 15) is 14.0 Å². The third-order valence-electron chi connectivity index (χ3n) is 7.19. The van der Waals surface area contributed by atoms with Crippen molar-refractivity contribution < 1.29 is 18.7 Å². The second-order valence-electron chi connectivity index (χ2n) is 10.1. The smallest absolute Gasteiger partial charge is 0.343 e. The number of esters is 1. The monoisotopic (exact) mass is 584 g/mol. The van der Waals surface area contributed by atoms with Crippen LogP contribution in [0, 0.1) is 5.82 Å². The molecule has 0 aliphatic carbocycles. The number of nitrogens with zero attached hydrogens (tertiary/aromatic N) is 2. The van der Waals surface area contributed by atoms with Crippen molar-refractivity contribution in [3.8, 4) is 16.2 Å². The maximum Gasteiger partial charge on any atom is 0.343 e. The number of likely N-dealkylation sites (N-methyl/N-ethyl adjacent to an activating group) is 1. The number of ether oxygens (including phenoxy) is 2. The molecule has 0 aliphatic rings. The molecule has 0 aliphatic heterocycles. The first-order chi connectivity index (χ1) is 20.4. The van der Waals surface area contributed by atoms with E-state index in [0.717, 1.165) is 28.3 Å². The zero-order chi connectivity index (χ0) is 29.6. The van der Waals surface area contributed by atoms with Crippen molar-refractivity contribution in [2.45, 2.75) is 26.4 Å². The number of fused-ring (bicyclic) bond motifs is 1. The van der Waals surface area contributed by atoms with Gasteiger partial charge in [-0.15, -0.1) is 11.3 Å². The fraction of sp³-hybridized carbons (Fsp3) is 0.235. The number of methoxy groups -OCH3 is 1. The van der Waals surface area contributed by atoms with Crippen molar-refractivity contribution in [1.29, 1.82) is 0 Å². The van der Waals surface area contributed by atoms with E-state index < -0.39 is 5.97 Å². The Bertz CT molecular complexity index is 1750. The molecule has 8 heteroatoms. The van der Waals surface area contributed by atoms with Crippen molar-refractivity contribution in [2.24, 2.45) is 0 Å². The number of halogens is 1. The highest BCUT2D eigenvalue weighted by Gasteiger charge is 2.24. The number of hydrogen-bond acceptors (Lipinski definition) is 6. The molecular formula is C34H33FN2O4S. The summed E-state index contributed by atoms with van der Waals surface area (Å²) in [6, 6.07) is 24.5. The Morgan fingerprint density at radius 2 is 1.71 bits per heavy atom. The summed E-state index contributed by atoms with van der Waals surface area (Å²) in [6.07, 6.45) is 2.08. The molecule has 0 saturated heterocycles. The number of thiophene rings is 1. The fourth-order valence-electron chi connectivity index (χ4n) is 5.07. The predicted octanol–water partition coefficient (Wildman–Crippen LogP) is 6.78. The van der Waals surface area contributed by atoms with E-state index in [0.29, 0.717) is 28.7 Å². The van der Waals surface area contributed by atoms with Crippen molar-refractivity contribution in [2.75, 3.05) is 27.3 Å². The van der Waals surface area contributed by atoms with Crippen molar-refractivity contribution in [3.05, 3.63) is 123 Å². The molecule has 2 aromatic heterocycles. The Morgan fingerprint density at radius 3 is 2.40 bits per heavy atom. The van der Waals surface area contributed by atoms with E-state index in [2.05, 4.69) is 24.1 Å². The number of carbonyl (C=O) groups excluding carboxylic acids is 1. The Hall–Kier alpha value is -4.27. The number of pyridine rings is 1. The van der Waals surface area contributed by atoms with Gasteiger partial charge in [0.15, 0.2) is 0 Å². The molecule has 3 aromatic carbocycles. The zero-order valence-corrected chi connectivity index (χ0v) is 24.7. The molecule has 6 nitrogen and oxygen atoms in total. The molecule has 5 rings (SSSR count). The molecule has 216 valence electrons. The largest absolute Gasteiger partial charge is 0.497 e. The van der Waals surface area contributed by atoms with Crippen LogP contribution in [0.25, 0.3) is 20.7 Å². The first kappa shape index (κ1) is 29.2. The molecule has 42 heavy (non-hydrogen) atoms. The van der Waals surface area contributed by atoms with Gasteiger partial charge in [0.1, 0.15) is 22.0 Å². The van der Waals surface area contributed by atoms with E-state index in [4.69, 9.17) is 9.47 Å². The summed E-state index contributed by atoms with van der Waals surface area (Å²) in [4.78, 5) is 30.8. The van der Waals surface area contributed by atoms with Crippen LogP contribution in [0.4, 0.5) is 4.39 Å². The molecule has 0 radical (unpaired) electrons. The average molecular weight is 585 g/mol. The van der Waals surface area contributed by atoms with E-state index in [-0.39, 0.29) is 30.0 Å². The van der Waals surface area contributed by atoms with E-state index >= 15 is 0 Å². The van der Waals surface area contributed by atoms with Crippen LogP contribution in [0.3, 0.4) is 0 Å². The third-order valence-corrected chi connectivity index (χ3v) is 8.51. The van der Waals surface area contributed by atoms with Gasteiger partial charge in [0.25, 0.3) is 0 Å². The number of hydrogen-bond donors (Lipinski definition) is 0. The van der Waals surface area contributed by atoms with E-state index in [1.165, 1.54) is 29.2 Å². The second kappa shape index (κ2) is 13.1. The molecule has 0 amide bonds. The molecule has 0 fully saturated rings. The summed E-state index contributed by atoms with van der Waals surface area (Å²) in [7, 11) is 3.67. The molecule has 0 spiro atoms. The number of carbonyl (C=O) groups is 1. The van der Waals surface area contributed by atoms with Crippen molar-refractivity contribution in [3.63, 3.8) is 0 Å². The number of aromatic nitrogens is 1. The van der Waals surface area contributed by atoms with Gasteiger partial charge in [-0.3, -0.25) is 4.79 Å². The van der Waals surface area contributed by atoms with Gasteiger partial charge in [-0.05, 0) is 67.4 Å². The minimum atomic E-state index is -0.684. The van der Waals surface area contributed by atoms with Gasteiger partial charge >= 0.3 is 5.97 Å². The van der Waals surface area contributed by atoms with Gasteiger partial charge in [-0.1, -0.05) is 48.5 Å². The van der Waals surface area contributed by atoms with Gasteiger partial charge in [0.2, 0.25) is 5.43 Å². The number of benzene rings is 3. The Kier molecular flexibility index (Phi) is 9.15. The van der Waals surface area contributed by atoms with Gasteiger partial charge < -0.3 is 18.9 Å². The maximum absolute atomic E-state index is 14.8. The third kappa shape index (κ3) is 6.30. The second-order valence-corrected chi connectivity index (χ2v) is 11.1. The molecule has 0 saturated carbocycles. The molecular weight excluding hydrogens is 551 g/mol. The topological polar surface area (TPSA) is 60.8 Å². The SMILES string of the molecule is CCOC(=O)c1cn(Cc2ccccc2F)c2sc(-c3ccc(OC)cc3)c(CCN(C)Cc3ccccc3)c2c1=O. The molecule has 0 atom stereocenters. The summed E-state index contributed by atoms with van der Waals surface area (Å²) < 4.78 is 27.2. The minimum absolute atomic E-state index is 0.0568. The van der Waals surface area contributed by atoms with Crippen LogP contribution in [-0.4, -0.2) is 42.7 Å². The molecule has 5 aromatic rings. The van der Waals surface area contributed by atoms with Crippen LogP contribution in [-0.2, 0) is 24.2 Å². The zero-order valence-electron chi connectivity index (χ0n) is 23.9. The highest BCUT2D eigenvalue weighted by Crippen LogP contribution is 2.39. The summed E-state index contributed by atoms with van der Waals surface area (Å²) in [5.74, 6) is -0.305. The van der Waals surface area contributed by atoms with Crippen LogP contribution in [0.15, 0.2) is 89.9 Å². The lowest BCUT2D eigenvalue weighted by Gasteiger charge is -2.17. The van der Waals surface area contributed by atoms with Gasteiger partial charge in [-0.25, -0.2) is 9.18 Å². The lowest BCUT2D eigenvalue weighted by Crippen LogP contribution is -2.23. The standard InChI is InChI=1S/C34H33FN2O4S/c1-4-41-34(39)28-22-37(21-25-12-8-9-13-29(25)35)33-30(31(28)38)27(18-19-36(2)20-23-10-6-5-7-11-23)32(42-33)24-14-16-26(40-3)17-15-24/h5-17,22H,4,18-21H2,1-3H3. The maximum atomic E-state index is 14.8. The van der Waals surface area contributed by atoms with E-state index in [1.807, 2.05) is 42.5 Å². The average Bonchev–Trinajstić information content (AvgIpc) is 3.39. The van der Waals surface area contributed by atoms with Crippen molar-refractivity contribution >= 4 is 27.5 Å². The highest BCUT2D eigenvalue weighted by molar-refractivity contribution is 7.22. The first-order valence-corrected chi connectivity index (χ1v) is 14.7. The summed E-state index contributed by atoms with van der Waals surface area (Å²) in [6.45, 7) is 3.44. The van der Waals surface area contributed by atoms with Gasteiger partial charge in [0.05, 0.1) is 25.6 Å². The molecule has 0 N–H and O–H groups in total. The van der Waals surface area contributed by atoms with E-state index in [1.54, 1.807) is 36.8 Å². The lowest BCUT2D eigenvalue weighted by molar-refractivity contribution is 0.0524. The van der Waals surface area contributed by atoms with Gasteiger partial charge in [0, 0.05) is 29.7 Å². The fourth-order valence-corrected chi connectivity index (χ4v) is 6.40. The van der Waals surface area contributed by atoms with Crippen LogP contribution >= 0.6 is 11.3 Å². The highest BCUT2D eigenvalue weighted by atomic mass is 32.1. The van der Waals surface area contributed by atoms with Crippen LogP contribution in [0.5, 0.6) is 5.75 Å². The van der Waals surface area contributed by atoms with Crippen molar-refractivity contribution in [1.82, 2.24) is 9.47 Å². The quantitative estimate of drug-likeness (QED) is 0.160. The predicted molar refractivity (Wildman–Crippen MR) is 166 cm³/mol. The van der Waals surface area contributed by atoms with Crippen LogP contribution < -0.4 is 10.2 Å². The summed E-state index contributed by atoms with van der Waals surface area (Å²) in [5, 5.41) is 0.473. The van der Waals surface area contributed by atoms with Crippen LogP contribution in [0.2, 0.25) is 0 Å². The lowest BCUT2D eigenvalue weighted by atomic mass is 10.0. The van der Waals surface area contributed by atoms with Gasteiger partial charge in [-0.2, -0.15) is 0 Å². The summed E-state index contributed by atoms with van der Waals surface area (Å²) >= 11 is 1.47. The Morgan fingerprint density at radius 1 is 1.00 bits per heavy atom. The minimum Gasteiger partial charge on any atom is -0.497 e. The first-order valence-electron chi connectivity index (χ1n) is 13.9. The molecule has 0 bridgehead atoms.